The maximum absolute atomic E-state index is 12.5. The molecule has 2 aromatic rings. The van der Waals surface area contributed by atoms with E-state index in [0.717, 1.165) is 11.3 Å². The molecule has 1 fully saturated rings. The Labute approximate surface area is 139 Å². The van der Waals surface area contributed by atoms with Gasteiger partial charge in [-0.15, -0.1) is 0 Å². The molecule has 7 heteroatoms. The van der Waals surface area contributed by atoms with Crippen LogP contribution < -0.4 is 0 Å². The van der Waals surface area contributed by atoms with Gasteiger partial charge in [0.2, 0.25) is 0 Å². The van der Waals surface area contributed by atoms with Crippen molar-refractivity contribution in [3.63, 3.8) is 0 Å². The zero-order valence-electron chi connectivity index (χ0n) is 13.5. The highest BCUT2D eigenvalue weighted by atomic mass is 16.4. The highest BCUT2D eigenvalue weighted by molar-refractivity contribution is 5.93. The third kappa shape index (κ3) is 3.62. The molecule has 1 aromatic heterocycles. The molecule has 0 radical (unpaired) electrons. The summed E-state index contributed by atoms with van der Waals surface area (Å²) in [4.78, 5) is 26.8. The molecule has 0 spiro atoms. The Morgan fingerprint density at radius 3 is 2.46 bits per heavy atom. The van der Waals surface area contributed by atoms with Crippen LogP contribution in [0.15, 0.2) is 30.3 Å². The fourth-order valence-corrected chi connectivity index (χ4v) is 2.77. The Morgan fingerprint density at radius 2 is 1.83 bits per heavy atom. The number of aromatic amines is 1. The Bertz CT molecular complexity index is 731. The lowest BCUT2D eigenvalue weighted by atomic mass is 10.1. The normalized spacial score (nSPS) is 15.5. The van der Waals surface area contributed by atoms with Crippen LogP contribution in [0.2, 0.25) is 0 Å². The van der Waals surface area contributed by atoms with Gasteiger partial charge in [-0.1, -0.05) is 29.8 Å². The molecular weight excluding hydrogens is 308 g/mol. The van der Waals surface area contributed by atoms with Crippen molar-refractivity contribution in [3.05, 3.63) is 41.6 Å². The number of piperazine rings is 1. The van der Waals surface area contributed by atoms with Crippen molar-refractivity contribution < 1.29 is 14.7 Å². The van der Waals surface area contributed by atoms with Crippen LogP contribution in [0.1, 0.15) is 16.1 Å². The molecule has 0 atom stereocenters. The number of aryl methyl sites for hydroxylation is 1. The zero-order chi connectivity index (χ0) is 17.1. The van der Waals surface area contributed by atoms with E-state index in [1.165, 1.54) is 5.56 Å². The first kappa shape index (κ1) is 16.2. The second-order valence-corrected chi connectivity index (χ2v) is 5.99. The van der Waals surface area contributed by atoms with Crippen molar-refractivity contribution in [3.8, 4) is 11.3 Å². The van der Waals surface area contributed by atoms with Crippen LogP contribution in [-0.4, -0.2) is 69.7 Å². The standard InChI is InChI=1S/C17H20N4O3/c1-12-2-4-13(5-3-12)14-10-15(19-18-14)17(24)21-8-6-20(7-9-21)11-16(22)23/h2-5,10H,6-9,11H2,1H3,(H,18,19)(H,22,23). The number of nitrogens with zero attached hydrogens (tertiary/aromatic N) is 3. The van der Waals surface area contributed by atoms with Crippen LogP contribution >= 0.6 is 0 Å². The minimum atomic E-state index is -0.842. The van der Waals surface area contributed by atoms with Gasteiger partial charge in [0.25, 0.3) is 5.91 Å². The largest absolute Gasteiger partial charge is 0.480 e. The third-order valence-corrected chi connectivity index (χ3v) is 4.17. The van der Waals surface area contributed by atoms with Crippen LogP contribution in [0, 0.1) is 6.92 Å². The van der Waals surface area contributed by atoms with Gasteiger partial charge in [0.15, 0.2) is 0 Å². The second kappa shape index (κ2) is 6.84. The number of amides is 1. The average molecular weight is 328 g/mol. The topological polar surface area (TPSA) is 89.5 Å². The number of rotatable bonds is 4. The van der Waals surface area contributed by atoms with E-state index >= 15 is 0 Å². The van der Waals surface area contributed by atoms with E-state index in [0.29, 0.717) is 31.9 Å². The molecule has 2 heterocycles. The van der Waals surface area contributed by atoms with Crippen LogP contribution in [0.5, 0.6) is 0 Å². The van der Waals surface area contributed by atoms with Gasteiger partial charge in [0.1, 0.15) is 5.69 Å². The number of benzene rings is 1. The first-order valence-electron chi connectivity index (χ1n) is 7.89. The lowest BCUT2D eigenvalue weighted by molar-refractivity contribution is -0.138. The smallest absolute Gasteiger partial charge is 0.317 e. The number of hydrogen-bond donors (Lipinski definition) is 2. The minimum absolute atomic E-state index is 0.0175. The van der Waals surface area contributed by atoms with E-state index in [4.69, 9.17) is 5.11 Å². The molecule has 0 bridgehead atoms. The Kier molecular flexibility index (Phi) is 4.61. The number of carbonyl (C=O) groups is 2. The zero-order valence-corrected chi connectivity index (χ0v) is 13.5. The van der Waals surface area contributed by atoms with Gasteiger partial charge < -0.3 is 10.0 Å². The number of carboxylic acid groups (broad SMARTS) is 1. The average Bonchev–Trinajstić information content (AvgIpc) is 3.05. The monoisotopic (exact) mass is 328 g/mol. The molecule has 1 aliphatic rings. The summed E-state index contributed by atoms with van der Waals surface area (Å²) in [6.07, 6.45) is 0. The summed E-state index contributed by atoms with van der Waals surface area (Å²) in [6.45, 7) is 4.21. The molecule has 0 saturated carbocycles. The SMILES string of the molecule is Cc1ccc(-c2cc(C(=O)N3CCN(CC(=O)O)CC3)[nH]n2)cc1. The van der Waals surface area contributed by atoms with Crippen molar-refractivity contribution >= 4 is 11.9 Å². The van der Waals surface area contributed by atoms with E-state index in [2.05, 4.69) is 10.2 Å². The van der Waals surface area contributed by atoms with Crippen molar-refractivity contribution in [2.24, 2.45) is 0 Å². The summed E-state index contributed by atoms with van der Waals surface area (Å²) in [5.74, 6) is -0.943. The highest BCUT2D eigenvalue weighted by Crippen LogP contribution is 2.19. The van der Waals surface area contributed by atoms with Gasteiger partial charge in [-0.3, -0.25) is 19.6 Å². The van der Waals surface area contributed by atoms with Crippen LogP contribution in [0.4, 0.5) is 0 Å². The predicted octanol–water partition coefficient (Wildman–Crippen LogP) is 1.23. The minimum Gasteiger partial charge on any atom is -0.480 e. The van der Waals surface area contributed by atoms with Gasteiger partial charge >= 0.3 is 5.97 Å². The number of aliphatic carboxylic acids is 1. The van der Waals surface area contributed by atoms with Crippen LogP contribution in [0.3, 0.4) is 0 Å². The number of H-pyrrole nitrogens is 1. The number of nitrogens with one attached hydrogen (secondary N) is 1. The number of hydrogen-bond acceptors (Lipinski definition) is 4. The molecule has 2 N–H and O–H groups in total. The van der Waals surface area contributed by atoms with E-state index < -0.39 is 5.97 Å². The molecule has 1 saturated heterocycles. The lowest BCUT2D eigenvalue weighted by Crippen LogP contribution is -2.50. The summed E-state index contributed by atoms with van der Waals surface area (Å²) in [5.41, 5.74) is 3.33. The summed E-state index contributed by atoms with van der Waals surface area (Å²) in [7, 11) is 0. The number of carboxylic acids is 1. The molecule has 1 aliphatic heterocycles. The van der Waals surface area contributed by atoms with Gasteiger partial charge in [-0.2, -0.15) is 5.10 Å². The first-order valence-corrected chi connectivity index (χ1v) is 7.89. The molecule has 3 rings (SSSR count). The van der Waals surface area contributed by atoms with Crippen molar-refractivity contribution in [2.45, 2.75) is 6.92 Å². The maximum Gasteiger partial charge on any atom is 0.317 e. The van der Waals surface area contributed by atoms with Crippen molar-refractivity contribution in [1.82, 2.24) is 20.0 Å². The summed E-state index contributed by atoms with van der Waals surface area (Å²) in [6, 6.07) is 9.73. The Morgan fingerprint density at radius 1 is 1.17 bits per heavy atom. The molecule has 1 aromatic carbocycles. The maximum atomic E-state index is 12.5. The molecule has 0 aliphatic carbocycles. The van der Waals surface area contributed by atoms with Gasteiger partial charge in [0.05, 0.1) is 12.2 Å². The van der Waals surface area contributed by atoms with E-state index in [1.54, 1.807) is 11.0 Å². The van der Waals surface area contributed by atoms with Crippen LogP contribution in [-0.2, 0) is 4.79 Å². The molecular formula is C17H20N4O3. The molecule has 1 amide bonds. The summed E-state index contributed by atoms with van der Waals surface area (Å²) < 4.78 is 0. The Balaban J connectivity index is 1.64. The van der Waals surface area contributed by atoms with E-state index in [-0.39, 0.29) is 12.5 Å². The van der Waals surface area contributed by atoms with Gasteiger partial charge in [-0.25, -0.2) is 0 Å². The quantitative estimate of drug-likeness (QED) is 0.881. The summed E-state index contributed by atoms with van der Waals surface area (Å²) in [5, 5.41) is 15.8. The highest BCUT2D eigenvalue weighted by Gasteiger charge is 2.24. The molecule has 0 unspecified atom stereocenters. The first-order chi connectivity index (χ1) is 11.5. The van der Waals surface area contributed by atoms with E-state index in [1.807, 2.05) is 36.1 Å². The van der Waals surface area contributed by atoms with Gasteiger partial charge in [-0.05, 0) is 13.0 Å². The van der Waals surface area contributed by atoms with Crippen molar-refractivity contribution in [1.29, 1.82) is 0 Å². The predicted molar refractivity (Wildman–Crippen MR) is 88.7 cm³/mol. The second-order valence-electron chi connectivity index (χ2n) is 5.99. The fourth-order valence-electron chi connectivity index (χ4n) is 2.77. The third-order valence-electron chi connectivity index (χ3n) is 4.17. The van der Waals surface area contributed by atoms with Crippen molar-refractivity contribution in [2.75, 3.05) is 32.7 Å². The molecule has 126 valence electrons. The van der Waals surface area contributed by atoms with Gasteiger partial charge in [0, 0.05) is 31.7 Å². The fraction of sp³-hybridized carbons (Fsp3) is 0.353. The Hall–Kier alpha value is -2.67. The summed E-state index contributed by atoms with van der Waals surface area (Å²) >= 11 is 0. The lowest BCUT2D eigenvalue weighted by Gasteiger charge is -2.33. The number of carbonyl (C=O) groups excluding carboxylic acids is 1. The molecule has 7 nitrogen and oxygen atoms in total. The molecule has 24 heavy (non-hydrogen) atoms. The van der Waals surface area contributed by atoms with Crippen LogP contribution in [0.25, 0.3) is 11.3 Å². The number of aromatic nitrogens is 2. The van der Waals surface area contributed by atoms with E-state index in [9.17, 15) is 9.59 Å².